The molecule has 0 aromatic heterocycles. The molecule has 0 aliphatic carbocycles. The number of carbonyl (C=O) groups excluding carboxylic acids is 2. The first-order valence-corrected chi connectivity index (χ1v) is 6.67. The van der Waals surface area contributed by atoms with Crippen molar-refractivity contribution in [1.29, 1.82) is 0 Å². The molecule has 0 radical (unpaired) electrons. The maximum atomic E-state index is 12.2. The van der Waals surface area contributed by atoms with Gasteiger partial charge in [0.05, 0.1) is 0 Å². The highest BCUT2D eigenvalue weighted by atomic mass is 16.4. The third kappa shape index (κ3) is 4.67. The molecule has 0 aromatic rings. The van der Waals surface area contributed by atoms with E-state index in [2.05, 4.69) is 13.8 Å². The smallest absolute Gasteiger partial charge is 0.223 e. The van der Waals surface area contributed by atoms with Crippen molar-refractivity contribution in [3.8, 4) is 0 Å². The number of hydrogen-bond donors (Lipinski definition) is 0. The Bertz CT molecular complexity index is 315. The summed E-state index contributed by atoms with van der Waals surface area (Å²) in [6.45, 7) is 9.51. The molecule has 1 aliphatic heterocycles. The molecule has 1 saturated heterocycles. The normalized spacial score (nSPS) is 25.0. The maximum absolute atomic E-state index is 12.2. The summed E-state index contributed by atoms with van der Waals surface area (Å²) in [5.74, 6) is 0.0386. The van der Waals surface area contributed by atoms with Gasteiger partial charge in [0, 0.05) is 25.5 Å². The van der Waals surface area contributed by atoms with E-state index in [1.807, 2.05) is 4.90 Å². The molecular formula is C14H24NO3-. The first-order valence-electron chi connectivity index (χ1n) is 6.67. The predicted molar refractivity (Wildman–Crippen MR) is 67.5 cm³/mol. The molecular weight excluding hydrogens is 230 g/mol. The zero-order valence-corrected chi connectivity index (χ0v) is 11.9. The van der Waals surface area contributed by atoms with Gasteiger partial charge in [0.15, 0.2) is 0 Å². The van der Waals surface area contributed by atoms with Crippen LogP contribution in [-0.2, 0) is 9.59 Å². The van der Waals surface area contributed by atoms with Crippen LogP contribution in [0.4, 0.5) is 0 Å². The lowest BCUT2D eigenvalue weighted by Gasteiger charge is -2.37. The molecule has 2 atom stereocenters. The van der Waals surface area contributed by atoms with Crippen molar-refractivity contribution in [3.63, 3.8) is 0 Å². The second-order valence-corrected chi connectivity index (χ2v) is 6.63. The lowest BCUT2D eigenvalue weighted by Crippen LogP contribution is -2.44. The summed E-state index contributed by atoms with van der Waals surface area (Å²) in [4.78, 5) is 24.7. The summed E-state index contributed by atoms with van der Waals surface area (Å²) < 4.78 is 0. The molecule has 18 heavy (non-hydrogen) atoms. The van der Waals surface area contributed by atoms with Crippen molar-refractivity contribution < 1.29 is 14.7 Å². The quantitative estimate of drug-likeness (QED) is 0.753. The molecule has 1 aliphatic rings. The number of carboxylic acid groups (broad SMARTS) is 1. The van der Waals surface area contributed by atoms with Gasteiger partial charge in [-0.25, -0.2) is 0 Å². The van der Waals surface area contributed by atoms with Crippen LogP contribution in [0.1, 0.15) is 47.0 Å². The highest BCUT2D eigenvalue weighted by Crippen LogP contribution is 2.28. The Labute approximate surface area is 109 Å². The van der Waals surface area contributed by atoms with E-state index >= 15 is 0 Å². The SMILES string of the molecule is C[C@H]1C[C@H](C)CN(C(=O)CC(C)(C)CC(=O)[O-])C1. The Kier molecular flexibility index (Phi) is 4.77. The van der Waals surface area contributed by atoms with Crippen LogP contribution in [-0.4, -0.2) is 29.9 Å². The summed E-state index contributed by atoms with van der Waals surface area (Å²) in [5.41, 5.74) is -0.528. The van der Waals surface area contributed by atoms with Crippen LogP contribution in [0, 0.1) is 17.3 Å². The number of carboxylic acids is 1. The predicted octanol–water partition coefficient (Wildman–Crippen LogP) is 1.05. The summed E-state index contributed by atoms with van der Waals surface area (Å²) in [6, 6.07) is 0. The van der Waals surface area contributed by atoms with Gasteiger partial charge >= 0.3 is 0 Å². The Hall–Kier alpha value is -1.06. The first kappa shape index (κ1) is 15.0. The van der Waals surface area contributed by atoms with E-state index in [1.54, 1.807) is 13.8 Å². The van der Waals surface area contributed by atoms with E-state index < -0.39 is 11.4 Å². The van der Waals surface area contributed by atoms with Gasteiger partial charge in [-0.2, -0.15) is 0 Å². The number of hydrogen-bond acceptors (Lipinski definition) is 3. The Morgan fingerprint density at radius 1 is 1.17 bits per heavy atom. The molecule has 1 heterocycles. The maximum Gasteiger partial charge on any atom is 0.223 e. The molecule has 0 aromatic carbocycles. The molecule has 1 fully saturated rings. The third-order valence-corrected chi connectivity index (χ3v) is 3.47. The number of aliphatic carboxylic acids is 1. The molecule has 0 unspecified atom stereocenters. The van der Waals surface area contributed by atoms with E-state index in [-0.39, 0.29) is 18.7 Å². The second kappa shape index (κ2) is 5.72. The van der Waals surface area contributed by atoms with Gasteiger partial charge in [0.1, 0.15) is 0 Å². The van der Waals surface area contributed by atoms with Crippen LogP contribution in [0.25, 0.3) is 0 Å². The molecule has 1 rings (SSSR count). The molecule has 1 amide bonds. The van der Waals surface area contributed by atoms with E-state index in [1.165, 1.54) is 0 Å². The van der Waals surface area contributed by atoms with Crippen LogP contribution in [0.5, 0.6) is 0 Å². The average molecular weight is 254 g/mol. The lowest BCUT2D eigenvalue weighted by atomic mass is 9.84. The largest absolute Gasteiger partial charge is 0.550 e. The fourth-order valence-corrected chi connectivity index (χ4v) is 2.84. The van der Waals surface area contributed by atoms with E-state index in [4.69, 9.17) is 0 Å². The molecule has 0 N–H and O–H groups in total. The zero-order chi connectivity index (χ0) is 13.9. The molecule has 0 saturated carbocycles. The molecule has 4 nitrogen and oxygen atoms in total. The highest BCUT2D eigenvalue weighted by Gasteiger charge is 2.29. The molecule has 104 valence electrons. The fourth-order valence-electron chi connectivity index (χ4n) is 2.84. The van der Waals surface area contributed by atoms with Crippen LogP contribution >= 0.6 is 0 Å². The number of likely N-dealkylation sites (tertiary alicyclic amines) is 1. The van der Waals surface area contributed by atoms with Crippen molar-refractivity contribution in [3.05, 3.63) is 0 Å². The van der Waals surface area contributed by atoms with Gasteiger partial charge in [-0.1, -0.05) is 27.7 Å². The minimum Gasteiger partial charge on any atom is -0.550 e. The van der Waals surface area contributed by atoms with Crippen molar-refractivity contribution in [2.24, 2.45) is 17.3 Å². The van der Waals surface area contributed by atoms with E-state index in [0.29, 0.717) is 11.8 Å². The highest BCUT2D eigenvalue weighted by molar-refractivity contribution is 5.78. The summed E-state index contributed by atoms with van der Waals surface area (Å²) in [6.07, 6.45) is 1.37. The van der Waals surface area contributed by atoms with E-state index in [0.717, 1.165) is 19.5 Å². The van der Waals surface area contributed by atoms with Gasteiger partial charge < -0.3 is 14.8 Å². The standard InChI is InChI=1S/C14H25NO3/c1-10-5-11(2)9-15(8-10)12(16)6-14(3,4)7-13(17)18/h10-11H,5-9H2,1-4H3,(H,17,18)/p-1/t10-,11-/m0/s1. The number of piperidine rings is 1. The van der Waals surface area contributed by atoms with Crippen molar-refractivity contribution >= 4 is 11.9 Å². The van der Waals surface area contributed by atoms with Gasteiger partial charge in [-0.15, -0.1) is 0 Å². The zero-order valence-electron chi connectivity index (χ0n) is 11.9. The van der Waals surface area contributed by atoms with Crippen LogP contribution in [0.2, 0.25) is 0 Å². The van der Waals surface area contributed by atoms with Crippen molar-refractivity contribution in [1.82, 2.24) is 4.90 Å². The third-order valence-electron chi connectivity index (χ3n) is 3.47. The Morgan fingerprint density at radius 2 is 1.67 bits per heavy atom. The monoisotopic (exact) mass is 254 g/mol. The lowest BCUT2D eigenvalue weighted by molar-refractivity contribution is -0.307. The number of rotatable bonds is 4. The van der Waals surface area contributed by atoms with Gasteiger partial charge in [0.2, 0.25) is 5.91 Å². The fraction of sp³-hybridized carbons (Fsp3) is 0.857. The van der Waals surface area contributed by atoms with Crippen molar-refractivity contribution in [2.45, 2.75) is 47.0 Å². The van der Waals surface area contributed by atoms with Crippen LogP contribution in [0.15, 0.2) is 0 Å². The average Bonchev–Trinajstić information content (AvgIpc) is 2.12. The second-order valence-electron chi connectivity index (χ2n) is 6.63. The minimum atomic E-state index is -1.09. The minimum absolute atomic E-state index is 0.0691. The number of carbonyl (C=O) groups is 2. The summed E-state index contributed by atoms with van der Waals surface area (Å²) in [7, 11) is 0. The van der Waals surface area contributed by atoms with Crippen LogP contribution < -0.4 is 5.11 Å². The summed E-state index contributed by atoms with van der Waals surface area (Å²) >= 11 is 0. The molecule has 0 spiro atoms. The van der Waals surface area contributed by atoms with E-state index in [9.17, 15) is 14.7 Å². The number of nitrogens with zero attached hydrogens (tertiary/aromatic N) is 1. The molecule has 4 heteroatoms. The Balaban J connectivity index is 2.56. The van der Waals surface area contributed by atoms with Gasteiger partial charge in [-0.05, 0) is 30.1 Å². The number of amides is 1. The molecule has 0 bridgehead atoms. The van der Waals surface area contributed by atoms with Crippen molar-refractivity contribution in [2.75, 3.05) is 13.1 Å². The van der Waals surface area contributed by atoms with Crippen LogP contribution in [0.3, 0.4) is 0 Å². The Morgan fingerprint density at radius 3 is 2.11 bits per heavy atom. The van der Waals surface area contributed by atoms with Gasteiger partial charge in [-0.3, -0.25) is 4.79 Å². The van der Waals surface area contributed by atoms with Gasteiger partial charge in [0.25, 0.3) is 0 Å². The first-order chi connectivity index (χ1) is 8.19. The summed E-state index contributed by atoms with van der Waals surface area (Å²) in [5, 5.41) is 10.6. The topological polar surface area (TPSA) is 60.4 Å².